The molecule has 162 valence electrons. The zero-order valence-corrected chi connectivity index (χ0v) is 17.3. The minimum atomic E-state index is -1.17. The van der Waals surface area contributed by atoms with Gasteiger partial charge < -0.3 is 19.7 Å². The highest BCUT2D eigenvalue weighted by molar-refractivity contribution is 5.97. The van der Waals surface area contributed by atoms with E-state index in [0.717, 1.165) is 11.8 Å². The molecule has 0 aromatic heterocycles. The number of benzene rings is 4. The first-order valence-corrected chi connectivity index (χ1v) is 10.2. The third kappa shape index (κ3) is 3.29. The van der Waals surface area contributed by atoms with E-state index < -0.39 is 11.6 Å². The van der Waals surface area contributed by atoms with E-state index in [1.54, 1.807) is 36.4 Å². The number of phenols is 2. The molecule has 1 spiro atoms. The van der Waals surface area contributed by atoms with Crippen molar-refractivity contribution in [3.63, 3.8) is 0 Å². The van der Waals surface area contributed by atoms with Crippen molar-refractivity contribution in [2.75, 3.05) is 0 Å². The summed E-state index contributed by atoms with van der Waals surface area (Å²) < 4.78 is 11.8. The van der Waals surface area contributed by atoms with Crippen molar-refractivity contribution in [1.82, 2.24) is 0 Å². The first-order chi connectivity index (χ1) is 16.0. The Morgan fingerprint density at radius 1 is 0.697 bits per heavy atom. The van der Waals surface area contributed by atoms with Crippen LogP contribution >= 0.6 is 0 Å². The Kier molecular flexibility index (Phi) is 4.83. The van der Waals surface area contributed by atoms with Crippen molar-refractivity contribution in [1.29, 1.82) is 0 Å². The number of hydrogen-bond acceptors (Lipinski definition) is 6. The highest BCUT2D eigenvalue weighted by Crippen LogP contribution is 2.56. The van der Waals surface area contributed by atoms with Crippen LogP contribution in [0.4, 0.5) is 0 Å². The fourth-order valence-corrected chi connectivity index (χ4v) is 4.19. The summed E-state index contributed by atoms with van der Waals surface area (Å²) in [5.74, 6) is 0.408. The van der Waals surface area contributed by atoms with Crippen LogP contribution in [0.2, 0.25) is 0 Å². The molecule has 2 aliphatic rings. The van der Waals surface area contributed by atoms with Gasteiger partial charge in [0.05, 0.1) is 5.56 Å². The Balaban J connectivity index is 0.000000243. The van der Waals surface area contributed by atoms with Crippen LogP contribution in [0.25, 0.3) is 0 Å². The van der Waals surface area contributed by atoms with Crippen LogP contribution in [0.1, 0.15) is 37.4 Å². The summed E-state index contributed by atoms with van der Waals surface area (Å²) in [5, 5.41) is 19.7. The van der Waals surface area contributed by atoms with E-state index in [9.17, 15) is 19.8 Å². The standard InChI is InChI=1S/C20H12O5.C7H6O/c21-11-5-7-15-17(9-11)24-18-10-12(22)6-8-16(18)20(15)14-4-2-1-3-13(14)19(23)25-20;8-6-7-4-2-1-3-5-7/h1-10,21-22H;1-6H. The summed E-state index contributed by atoms with van der Waals surface area (Å²) in [5.41, 5.74) is 2.01. The summed E-state index contributed by atoms with van der Waals surface area (Å²) in [4.78, 5) is 22.5. The van der Waals surface area contributed by atoms with Crippen LogP contribution in [0.3, 0.4) is 0 Å². The molecule has 4 aromatic carbocycles. The van der Waals surface area contributed by atoms with Crippen molar-refractivity contribution in [3.05, 3.63) is 119 Å². The first kappa shape index (κ1) is 20.3. The zero-order chi connectivity index (χ0) is 23.0. The topological polar surface area (TPSA) is 93.1 Å². The van der Waals surface area contributed by atoms with Crippen LogP contribution < -0.4 is 4.74 Å². The Hall–Kier alpha value is -4.58. The average Bonchev–Trinajstić information content (AvgIpc) is 3.13. The molecule has 0 aliphatic carbocycles. The molecule has 33 heavy (non-hydrogen) atoms. The predicted molar refractivity (Wildman–Crippen MR) is 120 cm³/mol. The van der Waals surface area contributed by atoms with Crippen LogP contribution in [-0.4, -0.2) is 22.5 Å². The van der Waals surface area contributed by atoms with Crippen LogP contribution in [0.5, 0.6) is 23.0 Å². The van der Waals surface area contributed by atoms with Gasteiger partial charge in [-0.1, -0.05) is 48.5 Å². The molecule has 0 amide bonds. The number of ether oxygens (including phenoxy) is 2. The van der Waals surface area contributed by atoms with E-state index in [-0.39, 0.29) is 11.5 Å². The second-order valence-corrected chi connectivity index (χ2v) is 7.61. The SMILES string of the molecule is O=C1OC2(c3ccc(O)cc3Oc3cc(O)ccc32)c2ccccc21.O=Cc1ccccc1. The lowest BCUT2D eigenvalue weighted by Crippen LogP contribution is -2.32. The normalized spacial score (nSPS) is 14.0. The van der Waals surface area contributed by atoms with E-state index in [0.29, 0.717) is 33.8 Å². The van der Waals surface area contributed by atoms with Gasteiger partial charge in [-0.2, -0.15) is 0 Å². The van der Waals surface area contributed by atoms with Crippen LogP contribution in [-0.2, 0) is 10.3 Å². The lowest BCUT2D eigenvalue weighted by Gasteiger charge is -2.36. The van der Waals surface area contributed by atoms with Crippen LogP contribution in [0, 0.1) is 0 Å². The zero-order valence-electron chi connectivity index (χ0n) is 17.3. The van der Waals surface area contributed by atoms with Gasteiger partial charge in [0.1, 0.15) is 29.3 Å². The minimum absolute atomic E-state index is 0.0371. The summed E-state index contributed by atoms with van der Waals surface area (Å²) in [6, 6.07) is 25.7. The Morgan fingerprint density at radius 2 is 1.27 bits per heavy atom. The number of aldehydes is 1. The molecule has 2 N–H and O–H groups in total. The number of esters is 1. The molecule has 6 heteroatoms. The van der Waals surface area contributed by atoms with E-state index >= 15 is 0 Å². The van der Waals surface area contributed by atoms with Gasteiger partial charge in [0, 0.05) is 34.4 Å². The van der Waals surface area contributed by atoms with Crippen molar-refractivity contribution in [2.24, 2.45) is 0 Å². The molecule has 0 saturated heterocycles. The second kappa shape index (κ2) is 7.84. The van der Waals surface area contributed by atoms with Gasteiger partial charge in [0.2, 0.25) is 0 Å². The maximum atomic E-state index is 12.5. The monoisotopic (exact) mass is 438 g/mol. The molecule has 0 bridgehead atoms. The maximum Gasteiger partial charge on any atom is 0.340 e. The third-order valence-electron chi connectivity index (χ3n) is 5.62. The number of hydrogen-bond donors (Lipinski definition) is 2. The van der Waals surface area contributed by atoms with Gasteiger partial charge in [-0.25, -0.2) is 4.79 Å². The fraction of sp³-hybridized carbons (Fsp3) is 0.0370. The third-order valence-corrected chi connectivity index (χ3v) is 5.62. The Morgan fingerprint density at radius 3 is 1.85 bits per heavy atom. The number of carbonyl (C=O) groups excluding carboxylic acids is 2. The van der Waals surface area contributed by atoms with Gasteiger partial charge >= 0.3 is 5.97 Å². The number of carbonyl (C=O) groups is 2. The minimum Gasteiger partial charge on any atom is -0.508 e. The summed E-state index contributed by atoms with van der Waals surface area (Å²) in [6.45, 7) is 0. The quantitative estimate of drug-likeness (QED) is 0.315. The molecule has 0 atom stereocenters. The molecule has 0 saturated carbocycles. The largest absolute Gasteiger partial charge is 0.508 e. The molecule has 0 fully saturated rings. The van der Waals surface area contributed by atoms with E-state index in [4.69, 9.17) is 9.47 Å². The lowest BCUT2D eigenvalue weighted by molar-refractivity contribution is 0.0224. The summed E-state index contributed by atoms with van der Waals surface area (Å²) in [6.07, 6.45) is 0.833. The van der Waals surface area contributed by atoms with Gasteiger partial charge in [-0.3, -0.25) is 4.79 Å². The smallest absolute Gasteiger partial charge is 0.340 e. The maximum absolute atomic E-state index is 12.5. The van der Waals surface area contributed by atoms with E-state index in [1.807, 2.05) is 30.3 Å². The number of aromatic hydroxyl groups is 2. The number of phenolic OH excluding ortho intramolecular Hbond substituents is 2. The van der Waals surface area contributed by atoms with Gasteiger partial charge in [-0.15, -0.1) is 0 Å². The van der Waals surface area contributed by atoms with Crippen LogP contribution in [0.15, 0.2) is 91.0 Å². The van der Waals surface area contributed by atoms with Gasteiger partial charge in [0.25, 0.3) is 0 Å². The molecular formula is C27H18O6. The number of rotatable bonds is 1. The van der Waals surface area contributed by atoms with Crippen molar-refractivity contribution in [3.8, 4) is 23.0 Å². The Labute approximate surface area is 189 Å². The van der Waals surface area contributed by atoms with E-state index in [1.165, 1.54) is 24.3 Å². The molecule has 0 radical (unpaired) electrons. The first-order valence-electron chi connectivity index (χ1n) is 10.2. The highest BCUT2D eigenvalue weighted by Gasteiger charge is 2.53. The van der Waals surface area contributed by atoms with Crippen molar-refractivity contribution >= 4 is 12.3 Å². The molecule has 4 aromatic rings. The average molecular weight is 438 g/mol. The molecule has 2 aliphatic heterocycles. The second-order valence-electron chi connectivity index (χ2n) is 7.61. The van der Waals surface area contributed by atoms with Crippen molar-refractivity contribution < 1.29 is 29.3 Å². The molecule has 6 rings (SSSR count). The molecule has 0 unspecified atom stereocenters. The van der Waals surface area contributed by atoms with Gasteiger partial charge in [0.15, 0.2) is 5.60 Å². The van der Waals surface area contributed by atoms with E-state index in [2.05, 4.69) is 0 Å². The summed E-state index contributed by atoms with van der Waals surface area (Å²) in [7, 11) is 0. The lowest BCUT2D eigenvalue weighted by atomic mass is 9.77. The predicted octanol–water partition coefficient (Wildman–Crippen LogP) is 5.16. The Bertz CT molecular complexity index is 1330. The van der Waals surface area contributed by atoms with Crippen molar-refractivity contribution in [2.45, 2.75) is 5.60 Å². The number of fused-ring (bicyclic) bond motifs is 6. The van der Waals surface area contributed by atoms with Gasteiger partial charge in [-0.05, 0) is 30.3 Å². The molecule has 6 nitrogen and oxygen atoms in total. The summed E-state index contributed by atoms with van der Waals surface area (Å²) >= 11 is 0. The highest BCUT2D eigenvalue weighted by atomic mass is 16.6. The molecular weight excluding hydrogens is 420 g/mol. The fourth-order valence-electron chi connectivity index (χ4n) is 4.19. The molecule has 2 heterocycles.